The molecule has 0 aliphatic carbocycles. The molecule has 0 aromatic carbocycles. The summed E-state index contributed by atoms with van der Waals surface area (Å²) in [7, 11) is 0. The first-order valence-electron chi connectivity index (χ1n) is 5.80. The molecule has 0 saturated heterocycles. The fourth-order valence-corrected chi connectivity index (χ4v) is 1.83. The van der Waals surface area contributed by atoms with E-state index >= 15 is 0 Å². The monoisotopic (exact) mass is 241 g/mol. The summed E-state index contributed by atoms with van der Waals surface area (Å²) in [6.45, 7) is 5.28. The van der Waals surface area contributed by atoms with Gasteiger partial charge in [0.1, 0.15) is 11.9 Å². The first-order valence-corrected chi connectivity index (χ1v) is 5.80. The molecule has 0 saturated carbocycles. The van der Waals surface area contributed by atoms with E-state index in [0.29, 0.717) is 17.9 Å². The van der Waals surface area contributed by atoms with E-state index in [0.717, 1.165) is 17.8 Å². The third-order valence-corrected chi connectivity index (χ3v) is 2.65. The second kappa shape index (κ2) is 5.32. The van der Waals surface area contributed by atoms with Crippen molar-refractivity contribution in [2.24, 2.45) is 0 Å². The maximum atomic E-state index is 9.13. The van der Waals surface area contributed by atoms with Crippen LogP contribution >= 0.6 is 0 Å². The first-order chi connectivity index (χ1) is 8.70. The van der Waals surface area contributed by atoms with E-state index in [1.165, 1.54) is 0 Å². The van der Waals surface area contributed by atoms with E-state index in [9.17, 15) is 0 Å². The lowest BCUT2D eigenvalue weighted by Crippen LogP contribution is -2.13. The number of hydrogen-bond donors (Lipinski definition) is 1. The largest absolute Gasteiger partial charge is 0.367 e. The zero-order valence-corrected chi connectivity index (χ0v) is 10.5. The third kappa shape index (κ3) is 2.66. The van der Waals surface area contributed by atoms with E-state index in [2.05, 4.69) is 21.5 Å². The van der Waals surface area contributed by atoms with Crippen molar-refractivity contribution in [2.45, 2.75) is 20.4 Å². The van der Waals surface area contributed by atoms with Gasteiger partial charge in [-0.2, -0.15) is 10.4 Å². The van der Waals surface area contributed by atoms with Crippen LogP contribution in [0.25, 0.3) is 0 Å². The molecule has 0 bridgehead atoms. The van der Waals surface area contributed by atoms with Crippen molar-refractivity contribution in [2.75, 3.05) is 11.9 Å². The molecule has 0 radical (unpaired) electrons. The molecule has 2 rings (SSSR count). The second-order valence-corrected chi connectivity index (χ2v) is 4.11. The number of nitrogens with zero attached hydrogens (tertiary/aromatic N) is 4. The van der Waals surface area contributed by atoms with Gasteiger partial charge >= 0.3 is 0 Å². The van der Waals surface area contributed by atoms with Crippen LogP contribution in [-0.4, -0.2) is 21.3 Å². The highest BCUT2D eigenvalue weighted by Crippen LogP contribution is 2.17. The van der Waals surface area contributed by atoms with Crippen LogP contribution in [0.3, 0.4) is 0 Å². The molecule has 2 heterocycles. The van der Waals surface area contributed by atoms with Gasteiger partial charge < -0.3 is 5.32 Å². The summed E-state index contributed by atoms with van der Waals surface area (Å²) in [5, 5.41) is 16.4. The molecule has 2 aromatic heterocycles. The highest BCUT2D eigenvalue weighted by Gasteiger charge is 2.07. The maximum Gasteiger partial charge on any atom is 0.144 e. The van der Waals surface area contributed by atoms with Gasteiger partial charge in [0.25, 0.3) is 0 Å². The van der Waals surface area contributed by atoms with Crippen molar-refractivity contribution in [1.82, 2.24) is 14.8 Å². The first kappa shape index (κ1) is 12.1. The highest BCUT2D eigenvalue weighted by molar-refractivity contribution is 5.56. The van der Waals surface area contributed by atoms with E-state index < -0.39 is 0 Å². The summed E-state index contributed by atoms with van der Waals surface area (Å²) < 4.78 is 1.84. The number of aromatic nitrogens is 3. The SMILES string of the molecule is Cc1cc(C)c(C#N)c(NCCn2cccn2)n1. The quantitative estimate of drug-likeness (QED) is 0.887. The Bertz CT molecular complexity index is 566. The molecule has 0 amide bonds. The molecule has 1 N–H and O–H groups in total. The molecule has 0 fully saturated rings. The summed E-state index contributed by atoms with van der Waals surface area (Å²) >= 11 is 0. The number of pyridine rings is 1. The number of hydrogen-bond acceptors (Lipinski definition) is 4. The Labute approximate surface area is 106 Å². The van der Waals surface area contributed by atoms with Crippen molar-refractivity contribution < 1.29 is 0 Å². The van der Waals surface area contributed by atoms with Crippen LogP contribution in [-0.2, 0) is 6.54 Å². The van der Waals surface area contributed by atoms with E-state index in [-0.39, 0.29) is 0 Å². The van der Waals surface area contributed by atoms with Crippen LogP contribution in [0.15, 0.2) is 24.5 Å². The van der Waals surface area contributed by atoms with Gasteiger partial charge in [-0.05, 0) is 31.5 Å². The zero-order valence-electron chi connectivity index (χ0n) is 10.5. The van der Waals surface area contributed by atoms with Crippen LogP contribution in [0.5, 0.6) is 0 Å². The molecule has 5 heteroatoms. The second-order valence-electron chi connectivity index (χ2n) is 4.11. The molecule has 5 nitrogen and oxygen atoms in total. The summed E-state index contributed by atoms with van der Waals surface area (Å²) in [5.41, 5.74) is 2.47. The molecule has 0 aliphatic rings. The van der Waals surface area contributed by atoms with Gasteiger partial charge in [0, 0.05) is 24.6 Å². The van der Waals surface area contributed by atoms with Gasteiger partial charge in [-0.1, -0.05) is 0 Å². The van der Waals surface area contributed by atoms with E-state index in [1.54, 1.807) is 6.20 Å². The van der Waals surface area contributed by atoms with E-state index in [1.807, 2.05) is 36.9 Å². The molecule has 0 unspecified atom stereocenters. The third-order valence-electron chi connectivity index (χ3n) is 2.65. The molecular formula is C13H15N5. The topological polar surface area (TPSA) is 66.5 Å². The number of nitrogens with one attached hydrogen (secondary N) is 1. The smallest absolute Gasteiger partial charge is 0.144 e. The standard InChI is InChI=1S/C13H15N5/c1-10-8-11(2)17-13(12(10)9-14)15-5-7-18-6-3-4-16-18/h3-4,6,8H,5,7H2,1-2H3,(H,15,17). The van der Waals surface area contributed by atoms with Crippen LogP contribution in [0.1, 0.15) is 16.8 Å². The predicted molar refractivity (Wildman–Crippen MR) is 69.1 cm³/mol. The number of nitriles is 1. The van der Waals surface area contributed by atoms with Crippen LogP contribution in [0, 0.1) is 25.2 Å². The van der Waals surface area contributed by atoms with Gasteiger partial charge in [-0.3, -0.25) is 4.68 Å². The van der Waals surface area contributed by atoms with Crippen molar-refractivity contribution in [3.8, 4) is 6.07 Å². The van der Waals surface area contributed by atoms with E-state index in [4.69, 9.17) is 5.26 Å². The average Bonchev–Trinajstić information content (AvgIpc) is 2.81. The normalized spacial score (nSPS) is 10.1. The fraction of sp³-hybridized carbons (Fsp3) is 0.308. The minimum atomic E-state index is 0.612. The molecule has 0 atom stereocenters. The number of anilines is 1. The number of aryl methyl sites for hydroxylation is 2. The molecule has 2 aromatic rings. The molecule has 0 aliphatic heterocycles. The van der Waals surface area contributed by atoms with Crippen molar-refractivity contribution >= 4 is 5.82 Å². The summed E-state index contributed by atoms with van der Waals surface area (Å²) in [5.74, 6) is 0.655. The molecule has 92 valence electrons. The maximum absolute atomic E-state index is 9.13. The van der Waals surface area contributed by atoms with Gasteiger partial charge in [-0.25, -0.2) is 4.98 Å². The van der Waals surface area contributed by atoms with Gasteiger partial charge in [-0.15, -0.1) is 0 Å². The van der Waals surface area contributed by atoms with Gasteiger partial charge in [0.2, 0.25) is 0 Å². The Hall–Kier alpha value is -2.35. The minimum absolute atomic E-state index is 0.612. The lowest BCUT2D eigenvalue weighted by Gasteiger charge is -2.10. The highest BCUT2D eigenvalue weighted by atomic mass is 15.3. The summed E-state index contributed by atoms with van der Waals surface area (Å²) in [6, 6.07) is 5.99. The average molecular weight is 241 g/mol. The summed E-state index contributed by atoms with van der Waals surface area (Å²) in [6.07, 6.45) is 3.65. The Morgan fingerprint density at radius 3 is 2.94 bits per heavy atom. The molecular weight excluding hydrogens is 226 g/mol. The Morgan fingerprint density at radius 2 is 2.28 bits per heavy atom. The zero-order chi connectivity index (χ0) is 13.0. The van der Waals surface area contributed by atoms with Crippen molar-refractivity contribution in [3.05, 3.63) is 41.3 Å². The lowest BCUT2D eigenvalue weighted by molar-refractivity contribution is 0.637. The Kier molecular flexibility index (Phi) is 3.58. The van der Waals surface area contributed by atoms with Crippen LogP contribution < -0.4 is 5.32 Å². The fourth-order valence-electron chi connectivity index (χ4n) is 1.83. The lowest BCUT2D eigenvalue weighted by atomic mass is 10.1. The Morgan fingerprint density at radius 1 is 1.44 bits per heavy atom. The van der Waals surface area contributed by atoms with Gasteiger partial charge in [0.05, 0.1) is 12.1 Å². The van der Waals surface area contributed by atoms with Gasteiger partial charge in [0.15, 0.2) is 0 Å². The molecule has 0 spiro atoms. The number of rotatable bonds is 4. The van der Waals surface area contributed by atoms with Crippen LogP contribution in [0.4, 0.5) is 5.82 Å². The summed E-state index contributed by atoms with van der Waals surface area (Å²) in [4.78, 5) is 4.36. The molecule has 18 heavy (non-hydrogen) atoms. The Balaban J connectivity index is 2.07. The predicted octanol–water partition coefficient (Wildman–Crippen LogP) is 1.88. The minimum Gasteiger partial charge on any atom is -0.367 e. The van der Waals surface area contributed by atoms with Crippen LogP contribution in [0.2, 0.25) is 0 Å². The van der Waals surface area contributed by atoms with Crippen molar-refractivity contribution in [3.63, 3.8) is 0 Å². The van der Waals surface area contributed by atoms with Crippen molar-refractivity contribution in [1.29, 1.82) is 5.26 Å².